The molecule has 1 aromatic carbocycles. The fraction of sp³-hybridized carbons (Fsp3) is 0.360. The topological polar surface area (TPSA) is 42.3 Å². The predicted octanol–water partition coefficient (Wildman–Crippen LogP) is 6.27. The summed E-state index contributed by atoms with van der Waals surface area (Å²) in [4.78, 5) is 31.2. The summed E-state index contributed by atoms with van der Waals surface area (Å²) in [6.45, 7) is 3.39. The zero-order valence-corrected chi connectivity index (χ0v) is 20.4. The normalized spacial score (nSPS) is 18.4. The van der Waals surface area contributed by atoms with E-state index in [1.54, 1.807) is 29.2 Å². The molecule has 1 saturated heterocycles. The van der Waals surface area contributed by atoms with Gasteiger partial charge in [0.25, 0.3) is 5.91 Å². The van der Waals surface area contributed by atoms with Crippen molar-refractivity contribution in [3.05, 3.63) is 78.9 Å². The van der Waals surface area contributed by atoms with Crippen molar-refractivity contribution in [3.8, 4) is 5.69 Å². The number of hydrogen-bond acceptors (Lipinski definition) is 4. The number of thioether (sulfide) groups is 1. The average molecular weight is 485 g/mol. The Labute approximate surface area is 201 Å². The van der Waals surface area contributed by atoms with Gasteiger partial charge in [0.2, 0.25) is 0 Å². The molecule has 4 heterocycles. The van der Waals surface area contributed by atoms with Crippen LogP contribution in [0.2, 0.25) is 5.02 Å². The molecular weight excluding hydrogens is 460 g/mol. The Morgan fingerprint density at radius 1 is 1.09 bits per heavy atom. The van der Waals surface area contributed by atoms with Gasteiger partial charge < -0.3 is 9.47 Å². The highest BCUT2D eigenvalue weighted by molar-refractivity contribution is 7.99. The molecule has 0 aliphatic carbocycles. The molecule has 1 fully saturated rings. The summed E-state index contributed by atoms with van der Waals surface area (Å²) in [6.07, 6.45) is 4.88. The Hall–Kier alpha value is -2.02. The number of nitrogens with zero attached hydrogens (tertiary/aromatic N) is 2. The maximum atomic E-state index is 13.7. The molecule has 32 heavy (non-hydrogen) atoms. The molecule has 0 saturated carbocycles. The van der Waals surface area contributed by atoms with E-state index < -0.39 is 0 Å². The van der Waals surface area contributed by atoms with Gasteiger partial charge in [0.05, 0.1) is 5.69 Å². The summed E-state index contributed by atoms with van der Waals surface area (Å²) in [5, 5.41) is 2.87. The smallest absolute Gasteiger partial charge is 0.259 e. The first-order valence-corrected chi connectivity index (χ1v) is 13.2. The lowest BCUT2D eigenvalue weighted by molar-refractivity contribution is 0.0758. The van der Waals surface area contributed by atoms with E-state index in [2.05, 4.69) is 22.1 Å². The van der Waals surface area contributed by atoms with Crippen molar-refractivity contribution >= 4 is 40.6 Å². The molecule has 7 heteroatoms. The molecule has 2 aliphatic rings. The van der Waals surface area contributed by atoms with Gasteiger partial charge >= 0.3 is 0 Å². The zero-order valence-electron chi connectivity index (χ0n) is 18.0. The lowest BCUT2D eigenvalue weighted by Gasteiger charge is -2.24. The van der Waals surface area contributed by atoms with Gasteiger partial charge in [0.15, 0.2) is 5.43 Å². The number of amides is 1. The molecule has 1 unspecified atom stereocenters. The first kappa shape index (κ1) is 21.8. The van der Waals surface area contributed by atoms with Crippen LogP contribution in [-0.2, 0) is 6.42 Å². The van der Waals surface area contributed by atoms with Crippen LogP contribution in [0.4, 0.5) is 0 Å². The highest BCUT2D eigenvalue weighted by Crippen LogP contribution is 2.46. The Balaban J connectivity index is 1.72. The SMILES string of the molecule is Cc1cc(=O)c(C(=O)N2CCCCCC2)c2n1-c1ccc(Cl)cc1SC(c1cccs1)C2. The predicted molar refractivity (Wildman–Crippen MR) is 133 cm³/mol. The second kappa shape index (κ2) is 9.08. The van der Waals surface area contributed by atoms with E-state index >= 15 is 0 Å². The number of carbonyl (C=O) groups is 1. The maximum absolute atomic E-state index is 13.7. The minimum Gasteiger partial charge on any atom is -0.338 e. The lowest BCUT2D eigenvalue weighted by atomic mass is 10.0. The van der Waals surface area contributed by atoms with Gasteiger partial charge in [0, 0.05) is 57.0 Å². The number of thiophene rings is 1. The van der Waals surface area contributed by atoms with Gasteiger partial charge in [-0.15, -0.1) is 23.1 Å². The van der Waals surface area contributed by atoms with Crippen molar-refractivity contribution in [1.29, 1.82) is 0 Å². The summed E-state index contributed by atoms with van der Waals surface area (Å²) in [7, 11) is 0. The minimum atomic E-state index is -0.171. The second-order valence-electron chi connectivity index (χ2n) is 8.45. The number of fused-ring (bicyclic) bond motifs is 3. The minimum absolute atomic E-state index is 0.109. The van der Waals surface area contributed by atoms with Crippen molar-refractivity contribution in [3.63, 3.8) is 0 Å². The molecule has 4 nitrogen and oxygen atoms in total. The quantitative estimate of drug-likeness (QED) is 0.430. The summed E-state index contributed by atoms with van der Waals surface area (Å²) >= 11 is 9.83. The zero-order chi connectivity index (χ0) is 22.2. The van der Waals surface area contributed by atoms with Crippen molar-refractivity contribution in [2.24, 2.45) is 0 Å². The van der Waals surface area contributed by atoms with Gasteiger partial charge in [0.1, 0.15) is 5.56 Å². The second-order valence-corrected chi connectivity index (χ2v) is 11.1. The molecule has 0 radical (unpaired) electrons. The van der Waals surface area contributed by atoms with Crippen LogP contribution in [0.25, 0.3) is 5.69 Å². The number of rotatable bonds is 2. The largest absolute Gasteiger partial charge is 0.338 e. The number of halogens is 1. The fourth-order valence-corrected chi connectivity index (χ4v) is 7.23. The lowest BCUT2D eigenvalue weighted by Crippen LogP contribution is -2.37. The number of aromatic nitrogens is 1. The molecule has 166 valence electrons. The summed E-state index contributed by atoms with van der Waals surface area (Å²) in [5.41, 5.74) is 2.80. The third-order valence-electron chi connectivity index (χ3n) is 6.28. The first-order chi connectivity index (χ1) is 15.5. The number of carbonyl (C=O) groups excluding carboxylic acids is 1. The molecule has 0 bridgehead atoms. The highest BCUT2D eigenvalue weighted by Gasteiger charge is 2.31. The van der Waals surface area contributed by atoms with E-state index in [4.69, 9.17) is 11.6 Å². The molecule has 0 spiro atoms. The third kappa shape index (κ3) is 4.04. The van der Waals surface area contributed by atoms with Gasteiger partial charge in [-0.25, -0.2) is 0 Å². The molecule has 5 rings (SSSR count). The van der Waals surface area contributed by atoms with Crippen LogP contribution in [0.3, 0.4) is 0 Å². The monoisotopic (exact) mass is 484 g/mol. The van der Waals surface area contributed by atoms with E-state index in [1.807, 2.05) is 30.0 Å². The Morgan fingerprint density at radius 3 is 2.59 bits per heavy atom. The molecule has 0 N–H and O–H groups in total. The van der Waals surface area contributed by atoms with Crippen LogP contribution in [-0.4, -0.2) is 28.5 Å². The van der Waals surface area contributed by atoms with E-state index in [0.717, 1.165) is 60.7 Å². The maximum Gasteiger partial charge on any atom is 0.259 e. The number of benzene rings is 1. The van der Waals surface area contributed by atoms with Crippen molar-refractivity contribution in [2.75, 3.05) is 13.1 Å². The number of pyridine rings is 1. The van der Waals surface area contributed by atoms with Gasteiger partial charge in [-0.05, 0) is 49.4 Å². The van der Waals surface area contributed by atoms with E-state index in [9.17, 15) is 9.59 Å². The van der Waals surface area contributed by atoms with Crippen LogP contribution in [0, 0.1) is 6.92 Å². The van der Waals surface area contributed by atoms with Crippen LogP contribution < -0.4 is 5.43 Å². The average Bonchev–Trinajstić information content (AvgIpc) is 3.08. The van der Waals surface area contributed by atoms with E-state index in [-0.39, 0.29) is 16.6 Å². The first-order valence-electron chi connectivity index (χ1n) is 11.1. The summed E-state index contributed by atoms with van der Waals surface area (Å²) in [5.74, 6) is -0.118. The van der Waals surface area contributed by atoms with Gasteiger partial charge in [-0.2, -0.15) is 0 Å². The molecule has 1 atom stereocenters. The summed E-state index contributed by atoms with van der Waals surface area (Å²) < 4.78 is 2.11. The molecular formula is C25H25ClN2O2S2. The molecule has 3 aromatic rings. The van der Waals surface area contributed by atoms with Gasteiger partial charge in [-0.3, -0.25) is 9.59 Å². The van der Waals surface area contributed by atoms with Crippen molar-refractivity contribution in [1.82, 2.24) is 9.47 Å². The third-order valence-corrected chi connectivity index (χ3v) is 8.93. The number of likely N-dealkylation sites (tertiary alicyclic amines) is 1. The van der Waals surface area contributed by atoms with Crippen LogP contribution in [0.5, 0.6) is 0 Å². The highest BCUT2D eigenvalue weighted by atomic mass is 35.5. The fourth-order valence-electron chi connectivity index (χ4n) is 4.75. The van der Waals surface area contributed by atoms with E-state index in [1.165, 1.54) is 4.88 Å². The summed E-state index contributed by atoms with van der Waals surface area (Å²) in [6, 6.07) is 11.7. The van der Waals surface area contributed by atoms with Crippen molar-refractivity contribution < 1.29 is 4.79 Å². The molecule has 2 aliphatic heterocycles. The number of hydrogen-bond donors (Lipinski definition) is 0. The van der Waals surface area contributed by atoms with Gasteiger partial charge in [-0.1, -0.05) is 30.5 Å². The Morgan fingerprint density at radius 2 is 1.88 bits per heavy atom. The van der Waals surface area contributed by atoms with Crippen LogP contribution in [0.15, 0.2) is 51.5 Å². The Bertz CT molecular complexity index is 1210. The van der Waals surface area contributed by atoms with Crippen molar-refractivity contribution in [2.45, 2.75) is 49.2 Å². The standard InChI is InChI=1S/C25H25ClN2O2S2/c1-16-13-20(29)24(25(30)27-10-4-2-3-5-11-27)19-15-23(21-7-6-12-31-21)32-22-14-17(26)8-9-18(22)28(16)19/h6-9,12-14,23H,2-5,10-11,15H2,1H3. The Kier molecular flexibility index (Phi) is 6.19. The number of aryl methyl sites for hydroxylation is 1. The van der Waals surface area contributed by atoms with Crippen LogP contribution >= 0.6 is 34.7 Å². The molecule has 2 aromatic heterocycles. The van der Waals surface area contributed by atoms with Crippen LogP contribution in [0.1, 0.15) is 57.6 Å². The van der Waals surface area contributed by atoms with E-state index in [0.29, 0.717) is 17.0 Å². The molecule has 1 amide bonds.